The van der Waals surface area contributed by atoms with Crippen molar-refractivity contribution in [2.24, 2.45) is 0 Å². The largest absolute Gasteiger partial charge is 0.381 e. The molecule has 1 aromatic rings. The first-order valence-electron chi connectivity index (χ1n) is 8.34. The Hall–Kier alpha value is -0.900. The fourth-order valence-electron chi connectivity index (χ4n) is 3.11. The molecule has 1 saturated heterocycles. The first kappa shape index (κ1) is 16.5. The second kappa shape index (κ2) is 8.52. The Labute approximate surface area is 129 Å². The van der Waals surface area contributed by atoms with E-state index < -0.39 is 0 Å². The van der Waals surface area contributed by atoms with E-state index in [1.54, 1.807) is 0 Å². The van der Waals surface area contributed by atoms with E-state index in [0.29, 0.717) is 12.1 Å². The zero-order valence-electron chi connectivity index (χ0n) is 13.8. The van der Waals surface area contributed by atoms with Crippen molar-refractivity contribution in [2.75, 3.05) is 33.3 Å². The van der Waals surface area contributed by atoms with Gasteiger partial charge in [0, 0.05) is 32.8 Å². The molecule has 1 aliphatic rings. The molecule has 3 nitrogen and oxygen atoms in total. The molecule has 0 bridgehead atoms. The lowest BCUT2D eigenvalue weighted by atomic mass is 10.0. The highest BCUT2D eigenvalue weighted by Gasteiger charge is 2.21. The summed E-state index contributed by atoms with van der Waals surface area (Å²) in [6.45, 7) is 8.78. The first-order chi connectivity index (χ1) is 10.3. The second-order valence-electron chi connectivity index (χ2n) is 5.94. The molecule has 1 aliphatic heterocycles. The van der Waals surface area contributed by atoms with Crippen molar-refractivity contribution in [3.63, 3.8) is 0 Å². The van der Waals surface area contributed by atoms with Crippen molar-refractivity contribution in [2.45, 2.75) is 45.3 Å². The highest BCUT2D eigenvalue weighted by Crippen LogP contribution is 2.19. The van der Waals surface area contributed by atoms with Crippen LogP contribution < -0.4 is 5.32 Å². The Kier molecular flexibility index (Phi) is 6.68. The van der Waals surface area contributed by atoms with Gasteiger partial charge in [-0.05, 0) is 36.9 Å². The van der Waals surface area contributed by atoms with Gasteiger partial charge < -0.3 is 15.0 Å². The van der Waals surface area contributed by atoms with Crippen LogP contribution in [0.1, 0.15) is 43.9 Å². The van der Waals surface area contributed by atoms with E-state index in [1.165, 1.54) is 11.1 Å². The van der Waals surface area contributed by atoms with E-state index in [4.69, 9.17) is 4.74 Å². The Morgan fingerprint density at radius 2 is 1.86 bits per heavy atom. The maximum Gasteiger partial charge on any atom is 0.0595 e. The molecule has 0 aliphatic carbocycles. The van der Waals surface area contributed by atoms with Crippen LogP contribution in [0, 0.1) is 0 Å². The number of hydrogen-bond acceptors (Lipinski definition) is 3. The van der Waals surface area contributed by atoms with Crippen LogP contribution >= 0.6 is 0 Å². The Morgan fingerprint density at radius 3 is 2.38 bits per heavy atom. The Bertz CT molecular complexity index is 396. The molecule has 2 rings (SSSR count). The fraction of sp³-hybridized carbons (Fsp3) is 0.667. The van der Waals surface area contributed by atoms with Gasteiger partial charge in [-0.2, -0.15) is 0 Å². The van der Waals surface area contributed by atoms with Crippen LogP contribution in [0.4, 0.5) is 0 Å². The molecule has 0 saturated carbocycles. The molecular weight excluding hydrogens is 260 g/mol. The lowest BCUT2D eigenvalue weighted by molar-refractivity contribution is 0.0384. The lowest BCUT2D eigenvalue weighted by Crippen LogP contribution is -2.41. The van der Waals surface area contributed by atoms with Gasteiger partial charge in [-0.1, -0.05) is 38.1 Å². The summed E-state index contributed by atoms with van der Waals surface area (Å²) in [5, 5.41) is 3.64. The molecule has 1 fully saturated rings. The molecular formula is C18H30N2O. The number of nitrogens with zero attached hydrogens (tertiary/aromatic N) is 1. The normalized spacial score (nSPS) is 18.8. The van der Waals surface area contributed by atoms with E-state index in [2.05, 4.69) is 48.3 Å². The highest BCUT2D eigenvalue weighted by molar-refractivity contribution is 5.25. The number of hydrogen-bond donors (Lipinski definition) is 1. The summed E-state index contributed by atoms with van der Waals surface area (Å²) in [5.41, 5.74) is 2.82. The van der Waals surface area contributed by atoms with Crippen LogP contribution in [0.5, 0.6) is 0 Å². The van der Waals surface area contributed by atoms with Gasteiger partial charge in [0.05, 0.1) is 6.10 Å². The molecule has 0 spiro atoms. The topological polar surface area (TPSA) is 24.5 Å². The first-order valence-corrected chi connectivity index (χ1v) is 8.34. The minimum absolute atomic E-state index is 0.431. The zero-order chi connectivity index (χ0) is 15.1. The van der Waals surface area contributed by atoms with Crippen molar-refractivity contribution in [1.82, 2.24) is 10.2 Å². The van der Waals surface area contributed by atoms with Crippen molar-refractivity contribution in [3.8, 4) is 0 Å². The summed E-state index contributed by atoms with van der Waals surface area (Å²) >= 11 is 0. The monoisotopic (exact) mass is 290 g/mol. The van der Waals surface area contributed by atoms with Crippen LogP contribution in [0.15, 0.2) is 24.3 Å². The van der Waals surface area contributed by atoms with Crippen LogP contribution in [0.3, 0.4) is 0 Å². The molecule has 0 radical (unpaired) electrons. The van der Waals surface area contributed by atoms with Gasteiger partial charge in [-0.3, -0.25) is 0 Å². The van der Waals surface area contributed by atoms with Crippen LogP contribution in [-0.4, -0.2) is 44.3 Å². The molecule has 0 amide bonds. The van der Waals surface area contributed by atoms with Crippen molar-refractivity contribution in [1.29, 1.82) is 0 Å². The predicted molar refractivity (Wildman–Crippen MR) is 88.7 cm³/mol. The van der Waals surface area contributed by atoms with Gasteiger partial charge in [0.2, 0.25) is 0 Å². The average Bonchev–Trinajstić information content (AvgIpc) is 2.55. The Morgan fingerprint density at radius 1 is 1.19 bits per heavy atom. The summed E-state index contributed by atoms with van der Waals surface area (Å²) in [4.78, 5) is 2.57. The predicted octanol–water partition coefficient (Wildman–Crippen LogP) is 3.01. The third-order valence-corrected chi connectivity index (χ3v) is 4.55. The van der Waals surface area contributed by atoms with Crippen molar-refractivity contribution >= 4 is 0 Å². The second-order valence-corrected chi connectivity index (χ2v) is 5.94. The number of rotatable bonds is 7. The van der Waals surface area contributed by atoms with E-state index in [-0.39, 0.29) is 0 Å². The van der Waals surface area contributed by atoms with Gasteiger partial charge in [-0.15, -0.1) is 0 Å². The van der Waals surface area contributed by atoms with Crippen molar-refractivity contribution in [3.05, 3.63) is 35.4 Å². The highest BCUT2D eigenvalue weighted by atomic mass is 16.5. The molecule has 0 aromatic heterocycles. The van der Waals surface area contributed by atoms with Gasteiger partial charge >= 0.3 is 0 Å². The summed E-state index contributed by atoms with van der Waals surface area (Å²) < 4.78 is 5.46. The number of benzene rings is 1. The smallest absolute Gasteiger partial charge is 0.0595 e. The number of piperidine rings is 1. The standard InChI is InChI=1S/C18H30N2O/c1-4-15-6-8-16(9-7-15)18(19-5-2)14-20-12-10-17(21-3)11-13-20/h6-9,17-19H,4-5,10-14H2,1-3H3. The summed E-state index contributed by atoms with van der Waals surface area (Å²) in [6, 6.07) is 9.52. The number of methoxy groups -OCH3 is 1. The summed E-state index contributed by atoms with van der Waals surface area (Å²) in [6.07, 6.45) is 3.88. The molecule has 21 heavy (non-hydrogen) atoms. The van der Waals surface area contributed by atoms with Gasteiger partial charge in [0.1, 0.15) is 0 Å². The number of aryl methyl sites for hydroxylation is 1. The van der Waals surface area contributed by atoms with Gasteiger partial charge in [0.15, 0.2) is 0 Å². The van der Waals surface area contributed by atoms with Crippen LogP contribution in [-0.2, 0) is 11.2 Å². The minimum Gasteiger partial charge on any atom is -0.381 e. The number of likely N-dealkylation sites (tertiary alicyclic amines) is 1. The lowest BCUT2D eigenvalue weighted by Gasteiger charge is -2.34. The maximum atomic E-state index is 5.46. The zero-order valence-corrected chi connectivity index (χ0v) is 13.8. The molecule has 1 heterocycles. The molecule has 1 N–H and O–H groups in total. The number of likely N-dealkylation sites (N-methyl/N-ethyl adjacent to an activating group) is 1. The SMILES string of the molecule is CCNC(CN1CCC(OC)CC1)c1ccc(CC)cc1. The van der Waals surface area contributed by atoms with Gasteiger partial charge in [-0.25, -0.2) is 0 Å². The molecule has 1 aromatic carbocycles. The fourth-order valence-corrected chi connectivity index (χ4v) is 3.11. The number of ether oxygens (including phenoxy) is 1. The van der Waals surface area contributed by atoms with Crippen LogP contribution in [0.25, 0.3) is 0 Å². The van der Waals surface area contributed by atoms with Crippen molar-refractivity contribution < 1.29 is 4.74 Å². The molecule has 3 heteroatoms. The third kappa shape index (κ3) is 4.80. The summed E-state index contributed by atoms with van der Waals surface area (Å²) in [5.74, 6) is 0. The van der Waals surface area contributed by atoms with Crippen LogP contribution in [0.2, 0.25) is 0 Å². The molecule has 118 valence electrons. The summed E-state index contributed by atoms with van der Waals surface area (Å²) in [7, 11) is 1.83. The maximum absolute atomic E-state index is 5.46. The van der Waals surface area contributed by atoms with E-state index in [0.717, 1.165) is 45.4 Å². The minimum atomic E-state index is 0.431. The quantitative estimate of drug-likeness (QED) is 0.835. The molecule has 1 atom stereocenters. The average molecular weight is 290 g/mol. The Balaban J connectivity index is 1.95. The van der Waals surface area contributed by atoms with E-state index in [9.17, 15) is 0 Å². The third-order valence-electron chi connectivity index (χ3n) is 4.55. The number of nitrogens with one attached hydrogen (secondary N) is 1. The van der Waals surface area contributed by atoms with Gasteiger partial charge in [0.25, 0.3) is 0 Å². The molecule has 1 unspecified atom stereocenters. The van der Waals surface area contributed by atoms with E-state index >= 15 is 0 Å². The van der Waals surface area contributed by atoms with E-state index in [1.807, 2.05) is 7.11 Å².